The van der Waals surface area contributed by atoms with Gasteiger partial charge in [0.15, 0.2) is 12.4 Å². The maximum atomic E-state index is 14.1. The third-order valence-corrected chi connectivity index (χ3v) is 7.91. The summed E-state index contributed by atoms with van der Waals surface area (Å²) in [4.78, 5) is 24.3. The number of nitrogens with two attached hydrogens (primary N) is 1. The molecule has 4 rings (SSSR count). The van der Waals surface area contributed by atoms with E-state index in [1.807, 2.05) is 51.1 Å². The summed E-state index contributed by atoms with van der Waals surface area (Å²) in [5, 5.41) is 4.41. The van der Waals surface area contributed by atoms with Crippen molar-refractivity contribution in [1.29, 1.82) is 0 Å². The van der Waals surface area contributed by atoms with Crippen LogP contribution in [-0.2, 0) is 23.4 Å². The molecule has 11 heteroatoms. The van der Waals surface area contributed by atoms with E-state index >= 15 is 0 Å². The normalized spacial score (nSPS) is 19.6. The highest BCUT2D eigenvalue weighted by molar-refractivity contribution is 7.52. The lowest BCUT2D eigenvalue weighted by Gasteiger charge is -2.25. The smallest absolute Gasteiger partial charge is 0.459 e. The summed E-state index contributed by atoms with van der Waals surface area (Å²) in [6, 6.07) is 15.4. The van der Waals surface area contributed by atoms with Crippen molar-refractivity contribution in [2.24, 2.45) is 11.1 Å². The van der Waals surface area contributed by atoms with Crippen LogP contribution in [0.15, 0.2) is 67.0 Å². The molecule has 0 saturated carbocycles. The van der Waals surface area contributed by atoms with E-state index in [9.17, 15) is 14.2 Å². The Balaban J connectivity index is 1.48. The minimum absolute atomic E-state index is 0.0502. The lowest BCUT2D eigenvalue weighted by molar-refractivity contribution is -0.759. The van der Waals surface area contributed by atoms with Crippen LogP contribution < -0.4 is 19.9 Å². The first-order valence-electron chi connectivity index (χ1n) is 13.2. The molecular weight excluding hydrogens is 533 g/mol. The number of fused-ring (bicyclic) bond motifs is 1. The molecule has 0 aliphatic carbocycles. The average molecular weight is 571 g/mol. The minimum Gasteiger partial charge on any atom is -0.464 e. The molecule has 3 N–H and O–H groups in total. The summed E-state index contributed by atoms with van der Waals surface area (Å²) >= 11 is 0. The molecule has 1 aliphatic rings. The molecule has 3 aromatic rings. The second-order valence-electron chi connectivity index (χ2n) is 11.1. The summed E-state index contributed by atoms with van der Waals surface area (Å²) < 4.78 is 39.3. The number of benzene rings is 2. The summed E-state index contributed by atoms with van der Waals surface area (Å²) in [5.74, 6) is -0.739. The van der Waals surface area contributed by atoms with E-state index in [0.29, 0.717) is 24.2 Å². The monoisotopic (exact) mass is 570 g/mol. The SMILES string of the molecule is CC(NP(=O)(OCC1CC[C@H]([n+]2cccc(C(N)=O)c2)O1)Oc1cccc2ccccc12)C(=O)OCC(C)(C)C. The number of aromatic nitrogens is 1. The van der Waals surface area contributed by atoms with E-state index in [2.05, 4.69) is 5.09 Å². The van der Waals surface area contributed by atoms with Crippen LogP contribution in [0.3, 0.4) is 0 Å². The summed E-state index contributed by atoms with van der Waals surface area (Å²) in [6.07, 6.45) is 3.96. The van der Waals surface area contributed by atoms with Gasteiger partial charge in [-0.3, -0.25) is 14.1 Å². The van der Waals surface area contributed by atoms with Gasteiger partial charge in [0.25, 0.3) is 12.1 Å². The van der Waals surface area contributed by atoms with Crippen LogP contribution in [0.1, 0.15) is 57.1 Å². The van der Waals surface area contributed by atoms with Gasteiger partial charge < -0.3 is 19.7 Å². The second kappa shape index (κ2) is 12.5. The molecule has 1 fully saturated rings. The molecule has 40 heavy (non-hydrogen) atoms. The van der Waals surface area contributed by atoms with E-state index in [-0.39, 0.29) is 24.9 Å². The highest BCUT2D eigenvalue weighted by Crippen LogP contribution is 2.47. The molecule has 0 bridgehead atoms. The lowest BCUT2D eigenvalue weighted by atomic mass is 9.99. The van der Waals surface area contributed by atoms with Crippen molar-refractivity contribution in [3.05, 3.63) is 72.6 Å². The van der Waals surface area contributed by atoms with E-state index in [1.165, 1.54) is 0 Å². The highest BCUT2D eigenvalue weighted by atomic mass is 31.2. The van der Waals surface area contributed by atoms with Crippen LogP contribution in [0.5, 0.6) is 5.75 Å². The summed E-state index contributed by atoms with van der Waals surface area (Å²) in [6.45, 7) is 7.57. The third-order valence-electron chi connectivity index (χ3n) is 6.28. The molecule has 2 heterocycles. The van der Waals surface area contributed by atoms with Crippen LogP contribution in [0.4, 0.5) is 0 Å². The number of hydrogen-bond acceptors (Lipinski definition) is 7. The summed E-state index contributed by atoms with van der Waals surface area (Å²) in [5.41, 5.74) is 5.55. The van der Waals surface area contributed by atoms with Gasteiger partial charge in [-0.25, -0.2) is 4.57 Å². The van der Waals surface area contributed by atoms with Gasteiger partial charge in [-0.15, -0.1) is 0 Å². The van der Waals surface area contributed by atoms with Gasteiger partial charge in [0.2, 0.25) is 0 Å². The van der Waals surface area contributed by atoms with Gasteiger partial charge in [0.05, 0.1) is 19.3 Å². The van der Waals surface area contributed by atoms with Crippen LogP contribution >= 0.6 is 7.75 Å². The number of primary amides is 1. The van der Waals surface area contributed by atoms with Gasteiger partial charge in [0, 0.05) is 17.9 Å². The van der Waals surface area contributed by atoms with Crippen molar-refractivity contribution in [3.63, 3.8) is 0 Å². The topological polar surface area (TPSA) is 130 Å². The fourth-order valence-electron chi connectivity index (χ4n) is 4.22. The second-order valence-corrected chi connectivity index (χ2v) is 12.8. The zero-order valence-electron chi connectivity index (χ0n) is 23.2. The number of nitrogens with zero attached hydrogens (tertiary/aromatic N) is 1. The number of hydrogen-bond donors (Lipinski definition) is 2. The largest absolute Gasteiger partial charge is 0.464 e. The van der Waals surface area contributed by atoms with E-state index in [0.717, 1.165) is 10.8 Å². The Labute approximate surface area is 234 Å². The first kappa shape index (κ1) is 29.7. The number of esters is 1. The van der Waals surface area contributed by atoms with E-state index in [1.54, 1.807) is 48.1 Å². The number of pyridine rings is 1. The maximum absolute atomic E-state index is 14.1. The zero-order valence-corrected chi connectivity index (χ0v) is 24.1. The summed E-state index contributed by atoms with van der Waals surface area (Å²) in [7, 11) is -4.08. The maximum Gasteiger partial charge on any atom is 0.459 e. The lowest BCUT2D eigenvalue weighted by Crippen LogP contribution is -2.40. The predicted molar refractivity (Wildman–Crippen MR) is 149 cm³/mol. The molecule has 0 spiro atoms. The van der Waals surface area contributed by atoms with Crippen molar-refractivity contribution >= 4 is 30.4 Å². The molecule has 3 unspecified atom stereocenters. The molecule has 4 atom stereocenters. The van der Waals surface area contributed by atoms with Gasteiger partial charge in [-0.05, 0) is 36.3 Å². The van der Waals surface area contributed by atoms with Gasteiger partial charge >= 0.3 is 13.7 Å². The number of carbonyl (C=O) groups is 2. The van der Waals surface area contributed by atoms with Crippen molar-refractivity contribution in [2.45, 2.75) is 58.9 Å². The Morgan fingerprint density at radius 1 is 1.12 bits per heavy atom. The molecule has 0 radical (unpaired) electrons. The van der Waals surface area contributed by atoms with E-state index in [4.69, 9.17) is 24.3 Å². The molecule has 1 amide bonds. The van der Waals surface area contributed by atoms with Crippen LogP contribution in [0, 0.1) is 5.41 Å². The highest BCUT2D eigenvalue weighted by Gasteiger charge is 2.37. The molecule has 2 aromatic carbocycles. The molecule has 1 saturated heterocycles. The average Bonchev–Trinajstić information content (AvgIpc) is 3.40. The Morgan fingerprint density at radius 2 is 1.88 bits per heavy atom. The van der Waals surface area contributed by atoms with Crippen molar-refractivity contribution in [2.75, 3.05) is 13.2 Å². The Bertz CT molecular complexity index is 1400. The fraction of sp³-hybridized carbons (Fsp3) is 0.414. The third kappa shape index (κ3) is 7.88. The van der Waals surface area contributed by atoms with Crippen LogP contribution in [0.2, 0.25) is 0 Å². The predicted octanol–water partition coefficient (Wildman–Crippen LogP) is 4.67. The molecule has 1 aliphatic heterocycles. The van der Waals surface area contributed by atoms with Crippen LogP contribution in [-0.4, -0.2) is 37.2 Å². The van der Waals surface area contributed by atoms with Crippen molar-refractivity contribution < 1.29 is 37.2 Å². The Hall–Kier alpha value is -3.30. The number of nitrogens with one attached hydrogen (secondary N) is 1. The van der Waals surface area contributed by atoms with E-state index < -0.39 is 31.8 Å². The molecule has 10 nitrogen and oxygen atoms in total. The number of ether oxygens (including phenoxy) is 2. The molecular formula is C29H37N3O7P+. The minimum atomic E-state index is -4.08. The van der Waals surface area contributed by atoms with Gasteiger partial charge in [-0.1, -0.05) is 57.2 Å². The zero-order chi connectivity index (χ0) is 28.9. The first-order valence-corrected chi connectivity index (χ1v) is 14.8. The first-order chi connectivity index (χ1) is 18.9. The van der Waals surface area contributed by atoms with Crippen LogP contribution in [0.25, 0.3) is 10.8 Å². The fourth-order valence-corrected chi connectivity index (χ4v) is 5.77. The van der Waals surface area contributed by atoms with Crippen molar-refractivity contribution in [3.8, 4) is 5.75 Å². The number of rotatable bonds is 11. The standard InChI is InChI=1S/C29H36N3O7P/c1-20(28(34)36-19-29(2,3)4)31-40(35,39-25-13-7-10-21-9-5-6-12-24(21)25)37-18-23-14-15-26(38-23)32-16-8-11-22(17-32)27(30)33/h5-13,16-17,20,23,26H,14-15,18-19H2,1-4H3,(H2-,30,31,33,35)/p+1/t20?,23?,26-,40?/m1/s1. The quantitative estimate of drug-likeness (QED) is 0.193. The van der Waals surface area contributed by atoms with Gasteiger partial charge in [-0.2, -0.15) is 9.65 Å². The molecule has 1 aromatic heterocycles. The van der Waals surface area contributed by atoms with Crippen molar-refractivity contribution in [1.82, 2.24) is 5.09 Å². The molecule has 214 valence electrons. The Kier molecular flexibility index (Phi) is 9.26. The Morgan fingerprint density at radius 3 is 2.62 bits per heavy atom. The number of carbonyl (C=O) groups excluding carboxylic acids is 2. The van der Waals surface area contributed by atoms with Gasteiger partial charge in [0.1, 0.15) is 17.4 Å². The number of amides is 1.